The van der Waals surface area contributed by atoms with Crippen LogP contribution in [-0.2, 0) is 15.7 Å². The predicted molar refractivity (Wildman–Crippen MR) is 63.1 cm³/mol. The quantitative estimate of drug-likeness (QED) is 0.640. The van der Waals surface area contributed by atoms with Crippen LogP contribution in [0.15, 0.2) is 24.3 Å². The number of carbonyl (C=O) groups is 2. The Morgan fingerprint density at radius 2 is 1.88 bits per heavy atom. The van der Waals surface area contributed by atoms with E-state index in [9.17, 15) is 9.59 Å². The number of amides is 3. The molecule has 0 radical (unpaired) electrons. The normalized spacial score (nSPS) is 24.1. The average molecular weight is 283 g/mol. The molecule has 84 valence electrons. The number of nitrogens with one attached hydrogen (secondary N) is 2. The number of alkyl halides is 1. The first-order chi connectivity index (χ1) is 7.56. The van der Waals surface area contributed by atoms with E-state index in [1.807, 2.05) is 24.3 Å². The summed E-state index contributed by atoms with van der Waals surface area (Å²) in [6.45, 7) is 1.69. The summed E-state index contributed by atoms with van der Waals surface area (Å²) in [5.41, 5.74) is 0.944. The summed E-state index contributed by atoms with van der Waals surface area (Å²) < 4.78 is 0. The molecule has 1 heterocycles. The van der Waals surface area contributed by atoms with Crippen molar-refractivity contribution in [3.63, 3.8) is 0 Å². The van der Waals surface area contributed by atoms with Gasteiger partial charge in [0, 0.05) is 5.33 Å². The van der Waals surface area contributed by atoms with Crippen LogP contribution in [0.2, 0.25) is 0 Å². The minimum Gasteiger partial charge on any atom is -0.320 e. The Morgan fingerprint density at radius 3 is 2.31 bits per heavy atom. The summed E-state index contributed by atoms with van der Waals surface area (Å²) in [5, 5.41) is 5.63. The van der Waals surface area contributed by atoms with E-state index in [4.69, 9.17) is 0 Å². The van der Waals surface area contributed by atoms with Gasteiger partial charge in [0.15, 0.2) is 0 Å². The zero-order valence-corrected chi connectivity index (χ0v) is 10.3. The highest BCUT2D eigenvalue weighted by Gasteiger charge is 2.43. The van der Waals surface area contributed by atoms with E-state index >= 15 is 0 Å². The van der Waals surface area contributed by atoms with Crippen LogP contribution in [0.3, 0.4) is 0 Å². The molecule has 1 aromatic carbocycles. The van der Waals surface area contributed by atoms with Gasteiger partial charge in [0.2, 0.25) is 0 Å². The van der Waals surface area contributed by atoms with Crippen molar-refractivity contribution in [3.8, 4) is 0 Å². The van der Waals surface area contributed by atoms with Crippen LogP contribution in [-0.4, -0.2) is 11.9 Å². The molecule has 0 saturated carbocycles. The number of rotatable bonds is 2. The van der Waals surface area contributed by atoms with Gasteiger partial charge in [-0.05, 0) is 18.1 Å². The fraction of sp³-hybridized carbons (Fsp3) is 0.273. The highest BCUT2D eigenvalue weighted by Crippen LogP contribution is 2.24. The molecule has 0 aliphatic carbocycles. The predicted octanol–water partition coefficient (Wildman–Crippen LogP) is 1.64. The number of hydrogen-bond acceptors (Lipinski definition) is 2. The smallest absolute Gasteiger partial charge is 0.320 e. The fourth-order valence-corrected chi connectivity index (χ4v) is 2.05. The van der Waals surface area contributed by atoms with E-state index in [0.717, 1.165) is 16.5 Å². The van der Waals surface area contributed by atoms with Gasteiger partial charge in [-0.3, -0.25) is 10.1 Å². The largest absolute Gasteiger partial charge is 0.322 e. The Labute approximate surface area is 102 Å². The number of urea groups is 1. The van der Waals surface area contributed by atoms with E-state index in [-0.39, 0.29) is 5.91 Å². The van der Waals surface area contributed by atoms with Gasteiger partial charge in [0.05, 0.1) is 0 Å². The monoisotopic (exact) mass is 282 g/mol. The van der Waals surface area contributed by atoms with Crippen molar-refractivity contribution in [1.29, 1.82) is 0 Å². The molecular formula is C11H11BrN2O2. The molecule has 4 nitrogen and oxygen atoms in total. The topological polar surface area (TPSA) is 58.2 Å². The molecule has 5 heteroatoms. The molecule has 0 spiro atoms. The molecular weight excluding hydrogens is 272 g/mol. The maximum atomic E-state index is 11.7. The maximum Gasteiger partial charge on any atom is 0.322 e. The molecule has 3 amide bonds. The Bertz CT molecular complexity index is 444. The maximum absolute atomic E-state index is 11.7. The molecule has 16 heavy (non-hydrogen) atoms. The second-order valence-electron chi connectivity index (χ2n) is 3.86. The van der Waals surface area contributed by atoms with Gasteiger partial charge < -0.3 is 5.32 Å². The van der Waals surface area contributed by atoms with E-state index in [2.05, 4.69) is 26.6 Å². The Morgan fingerprint density at radius 1 is 1.25 bits per heavy atom. The van der Waals surface area contributed by atoms with Gasteiger partial charge in [-0.25, -0.2) is 4.79 Å². The van der Waals surface area contributed by atoms with Crippen LogP contribution in [0, 0.1) is 0 Å². The van der Waals surface area contributed by atoms with Gasteiger partial charge >= 0.3 is 6.03 Å². The van der Waals surface area contributed by atoms with Crippen LogP contribution in [0.4, 0.5) is 4.79 Å². The molecule has 1 fully saturated rings. The average Bonchev–Trinajstić information content (AvgIpc) is 2.54. The molecule has 2 N–H and O–H groups in total. The van der Waals surface area contributed by atoms with Crippen LogP contribution < -0.4 is 10.6 Å². The van der Waals surface area contributed by atoms with Crippen molar-refractivity contribution in [1.82, 2.24) is 10.6 Å². The Kier molecular flexibility index (Phi) is 2.71. The number of carbonyl (C=O) groups excluding carboxylic acids is 2. The van der Waals surface area contributed by atoms with Crippen molar-refractivity contribution < 1.29 is 9.59 Å². The highest BCUT2D eigenvalue weighted by molar-refractivity contribution is 9.08. The van der Waals surface area contributed by atoms with Gasteiger partial charge in [-0.2, -0.15) is 0 Å². The zero-order chi connectivity index (χ0) is 11.8. The van der Waals surface area contributed by atoms with E-state index in [1.54, 1.807) is 6.92 Å². The molecule has 1 saturated heterocycles. The summed E-state index contributed by atoms with van der Waals surface area (Å²) >= 11 is 3.35. The second-order valence-corrected chi connectivity index (χ2v) is 4.42. The van der Waals surface area contributed by atoms with E-state index in [0.29, 0.717) is 0 Å². The van der Waals surface area contributed by atoms with Gasteiger partial charge in [0.1, 0.15) is 5.54 Å². The third-order valence-electron chi connectivity index (χ3n) is 2.73. The lowest BCUT2D eigenvalue weighted by molar-refractivity contribution is -0.123. The van der Waals surface area contributed by atoms with Crippen molar-refractivity contribution in [2.24, 2.45) is 0 Å². The lowest BCUT2D eigenvalue weighted by atomic mass is 9.92. The molecule has 1 unspecified atom stereocenters. The summed E-state index contributed by atoms with van der Waals surface area (Å²) in [6, 6.07) is 7.10. The summed E-state index contributed by atoms with van der Waals surface area (Å²) in [4.78, 5) is 22.8. The number of halogens is 1. The number of benzene rings is 1. The molecule has 0 bridgehead atoms. The summed E-state index contributed by atoms with van der Waals surface area (Å²) in [5.74, 6) is -0.316. The number of imide groups is 1. The van der Waals surface area contributed by atoms with Gasteiger partial charge in [0.25, 0.3) is 5.91 Å². The Balaban J connectivity index is 2.36. The SMILES string of the molecule is CC1(c2ccc(CBr)cc2)NC(=O)NC1=O. The third kappa shape index (κ3) is 1.71. The van der Waals surface area contributed by atoms with Crippen molar-refractivity contribution in [2.75, 3.05) is 0 Å². The first-order valence-corrected chi connectivity index (χ1v) is 5.97. The van der Waals surface area contributed by atoms with Crippen LogP contribution in [0.1, 0.15) is 18.1 Å². The summed E-state index contributed by atoms with van der Waals surface area (Å²) in [7, 11) is 0. The first kappa shape index (κ1) is 11.1. The lowest BCUT2D eigenvalue weighted by Crippen LogP contribution is -2.40. The van der Waals surface area contributed by atoms with Crippen LogP contribution in [0.25, 0.3) is 0 Å². The van der Waals surface area contributed by atoms with Crippen molar-refractivity contribution in [3.05, 3.63) is 35.4 Å². The lowest BCUT2D eigenvalue weighted by Gasteiger charge is -2.21. The minimum atomic E-state index is -0.956. The van der Waals surface area contributed by atoms with E-state index in [1.165, 1.54) is 0 Å². The second kappa shape index (κ2) is 3.90. The molecule has 1 aromatic rings. The number of hydrogen-bond donors (Lipinski definition) is 2. The first-order valence-electron chi connectivity index (χ1n) is 4.85. The molecule has 1 atom stereocenters. The van der Waals surface area contributed by atoms with E-state index < -0.39 is 11.6 Å². The molecule has 2 rings (SSSR count). The Hall–Kier alpha value is -1.36. The molecule has 0 aromatic heterocycles. The van der Waals surface area contributed by atoms with Crippen LogP contribution >= 0.6 is 15.9 Å². The summed E-state index contributed by atoms with van der Waals surface area (Å²) in [6.07, 6.45) is 0. The fourth-order valence-electron chi connectivity index (χ4n) is 1.67. The van der Waals surface area contributed by atoms with Gasteiger partial charge in [-0.15, -0.1) is 0 Å². The van der Waals surface area contributed by atoms with Crippen molar-refractivity contribution in [2.45, 2.75) is 17.8 Å². The highest BCUT2D eigenvalue weighted by atomic mass is 79.9. The van der Waals surface area contributed by atoms with Crippen LogP contribution in [0.5, 0.6) is 0 Å². The third-order valence-corrected chi connectivity index (χ3v) is 3.38. The molecule has 1 aliphatic heterocycles. The standard InChI is InChI=1S/C11H11BrN2O2/c1-11(9(15)13-10(16)14-11)8-4-2-7(6-12)3-5-8/h2-5H,6H2,1H3,(H2,13,14,15,16). The van der Waals surface area contributed by atoms with Gasteiger partial charge in [-0.1, -0.05) is 40.2 Å². The zero-order valence-electron chi connectivity index (χ0n) is 8.71. The minimum absolute atomic E-state index is 0.316. The van der Waals surface area contributed by atoms with Crippen molar-refractivity contribution >= 4 is 27.9 Å². The molecule has 1 aliphatic rings.